The molecule has 1 aliphatic rings. The molecule has 2 rings (SSSR count). The Bertz CT molecular complexity index is 517. The fourth-order valence-corrected chi connectivity index (χ4v) is 2.91. The van der Waals surface area contributed by atoms with Gasteiger partial charge in [0.2, 0.25) is 5.91 Å². The van der Waals surface area contributed by atoms with Crippen molar-refractivity contribution in [1.82, 2.24) is 0 Å². The summed E-state index contributed by atoms with van der Waals surface area (Å²) in [4.78, 5) is 25.0. The first-order valence-corrected chi connectivity index (χ1v) is 6.93. The minimum Gasteiger partial charge on any atom is -0.465 e. The van der Waals surface area contributed by atoms with Crippen molar-refractivity contribution in [3.8, 4) is 0 Å². The summed E-state index contributed by atoms with van der Waals surface area (Å²) in [6.45, 7) is 0.530. The van der Waals surface area contributed by atoms with Crippen LogP contribution < -0.4 is 4.90 Å². The minimum absolute atomic E-state index is 0.00258. The van der Waals surface area contributed by atoms with Gasteiger partial charge in [0, 0.05) is 29.1 Å². The number of carbonyl (C=O) groups is 2. The van der Waals surface area contributed by atoms with Crippen molar-refractivity contribution >= 4 is 40.2 Å². The van der Waals surface area contributed by atoms with Gasteiger partial charge >= 0.3 is 5.97 Å². The van der Waals surface area contributed by atoms with Crippen molar-refractivity contribution in [2.24, 2.45) is 5.92 Å². The predicted octanol–water partition coefficient (Wildman–Crippen LogP) is 1.42. The Morgan fingerprint density at radius 3 is 2.84 bits per heavy atom. The minimum atomic E-state index is -0.398. The molecule has 1 amide bonds. The van der Waals surface area contributed by atoms with Gasteiger partial charge < -0.3 is 14.7 Å². The van der Waals surface area contributed by atoms with Crippen LogP contribution in [-0.2, 0) is 9.53 Å². The lowest BCUT2D eigenvalue weighted by Gasteiger charge is -2.18. The van der Waals surface area contributed by atoms with Crippen molar-refractivity contribution in [1.29, 1.82) is 0 Å². The van der Waals surface area contributed by atoms with Crippen LogP contribution in [0.4, 0.5) is 5.69 Å². The molecule has 1 aliphatic heterocycles. The smallest absolute Gasteiger partial charge is 0.337 e. The van der Waals surface area contributed by atoms with Crippen LogP contribution in [0, 0.1) is 9.49 Å². The molecule has 0 spiro atoms. The van der Waals surface area contributed by atoms with Crippen molar-refractivity contribution in [3.05, 3.63) is 27.3 Å². The van der Waals surface area contributed by atoms with E-state index in [1.165, 1.54) is 7.11 Å². The summed E-state index contributed by atoms with van der Waals surface area (Å²) in [5.74, 6) is -0.406. The molecule has 0 saturated carbocycles. The normalized spacial score (nSPS) is 18.8. The lowest BCUT2D eigenvalue weighted by atomic mass is 10.1. The highest BCUT2D eigenvalue weighted by Crippen LogP contribution is 2.29. The van der Waals surface area contributed by atoms with Gasteiger partial charge in [-0.1, -0.05) is 0 Å². The highest BCUT2D eigenvalue weighted by Gasteiger charge is 2.31. The van der Waals surface area contributed by atoms with E-state index in [1.54, 1.807) is 23.1 Å². The van der Waals surface area contributed by atoms with Crippen LogP contribution in [0.1, 0.15) is 16.8 Å². The summed E-state index contributed by atoms with van der Waals surface area (Å²) in [6.07, 6.45) is 0.366. The molecule has 0 aliphatic carbocycles. The van der Waals surface area contributed by atoms with Gasteiger partial charge in [-0.15, -0.1) is 0 Å². The molecular formula is C13H14INO4. The van der Waals surface area contributed by atoms with Gasteiger partial charge in [0.1, 0.15) is 0 Å². The maximum atomic E-state index is 11.9. The number of methoxy groups -OCH3 is 1. The zero-order valence-corrected chi connectivity index (χ0v) is 12.6. The van der Waals surface area contributed by atoms with Crippen LogP contribution in [0.15, 0.2) is 18.2 Å². The van der Waals surface area contributed by atoms with E-state index in [-0.39, 0.29) is 18.4 Å². The third-order valence-corrected chi connectivity index (χ3v) is 3.99. The Morgan fingerprint density at radius 2 is 2.32 bits per heavy atom. The highest BCUT2D eigenvalue weighted by molar-refractivity contribution is 14.1. The second-order valence-electron chi connectivity index (χ2n) is 4.41. The topological polar surface area (TPSA) is 66.8 Å². The molecule has 6 heteroatoms. The van der Waals surface area contributed by atoms with Gasteiger partial charge in [-0.05, 0) is 40.8 Å². The van der Waals surface area contributed by atoms with E-state index in [0.29, 0.717) is 18.5 Å². The lowest BCUT2D eigenvalue weighted by molar-refractivity contribution is -0.117. The van der Waals surface area contributed by atoms with E-state index in [1.807, 2.05) is 0 Å². The van der Waals surface area contributed by atoms with Crippen LogP contribution in [0.5, 0.6) is 0 Å². The largest absolute Gasteiger partial charge is 0.465 e. The first-order valence-electron chi connectivity index (χ1n) is 5.86. The molecule has 1 heterocycles. The van der Waals surface area contributed by atoms with Crippen molar-refractivity contribution in [2.75, 3.05) is 25.2 Å². The Kier molecular flexibility index (Phi) is 4.41. The second kappa shape index (κ2) is 5.87. The quantitative estimate of drug-likeness (QED) is 0.641. The Hall–Kier alpha value is -1.15. The van der Waals surface area contributed by atoms with E-state index in [9.17, 15) is 9.59 Å². The summed E-state index contributed by atoms with van der Waals surface area (Å²) >= 11 is 2.09. The average molecular weight is 375 g/mol. The maximum Gasteiger partial charge on any atom is 0.337 e. The van der Waals surface area contributed by atoms with Gasteiger partial charge in [0.15, 0.2) is 0 Å². The molecule has 0 radical (unpaired) electrons. The summed E-state index contributed by atoms with van der Waals surface area (Å²) in [5, 5.41) is 9.12. The average Bonchev–Trinajstić information content (AvgIpc) is 2.79. The molecule has 1 atom stereocenters. The Labute approximate surface area is 124 Å². The zero-order valence-electron chi connectivity index (χ0n) is 10.4. The number of amides is 1. The van der Waals surface area contributed by atoms with E-state index in [2.05, 4.69) is 27.3 Å². The van der Waals surface area contributed by atoms with Gasteiger partial charge in [-0.3, -0.25) is 4.79 Å². The van der Waals surface area contributed by atoms with Gasteiger partial charge in [0.05, 0.1) is 18.4 Å². The number of benzene rings is 1. The number of aliphatic hydroxyl groups excluding tert-OH is 1. The number of nitrogens with zero attached hydrogens (tertiary/aromatic N) is 1. The zero-order chi connectivity index (χ0) is 14.0. The van der Waals surface area contributed by atoms with Crippen molar-refractivity contribution in [2.45, 2.75) is 6.42 Å². The molecule has 0 aromatic heterocycles. The molecule has 1 aromatic rings. The molecule has 1 fully saturated rings. The molecule has 1 aromatic carbocycles. The van der Waals surface area contributed by atoms with E-state index >= 15 is 0 Å². The fraction of sp³-hybridized carbons (Fsp3) is 0.385. The van der Waals surface area contributed by atoms with Gasteiger partial charge in [0.25, 0.3) is 0 Å². The summed E-state index contributed by atoms with van der Waals surface area (Å²) in [6, 6.07) is 5.08. The predicted molar refractivity (Wildman–Crippen MR) is 78.0 cm³/mol. The third-order valence-electron chi connectivity index (χ3n) is 3.12. The first-order chi connectivity index (χ1) is 9.06. The van der Waals surface area contributed by atoms with Crippen LogP contribution >= 0.6 is 22.6 Å². The molecule has 1 N–H and O–H groups in total. The van der Waals surface area contributed by atoms with Crippen LogP contribution in [0.2, 0.25) is 0 Å². The standard InChI is InChI=1S/C13H14INO4/c1-19-13(18)9-2-3-11(10(14)5-9)15-6-8(7-16)4-12(15)17/h2-3,5,8,16H,4,6-7H2,1H3. The molecule has 1 saturated heterocycles. The number of aliphatic hydroxyl groups is 1. The molecular weight excluding hydrogens is 361 g/mol. The first kappa shape index (κ1) is 14.3. The monoisotopic (exact) mass is 375 g/mol. The number of hydrogen-bond donors (Lipinski definition) is 1. The number of halogens is 1. The molecule has 1 unspecified atom stereocenters. The molecule has 102 valence electrons. The Morgan fingerprint density at radius 1 is 1.58 bits per heavy atom. The van der Waals surface area contributed by atoms with Crippen LogP contribution in [-0.4, -0.2) is 37.2 Å². The number of hydrogen-bond acceptors (Lipinski definition) is 4. The summed E-state index contributed by atoms with van der Waals surface area (Å²) < 4.78 is 5.47. The summed E-state index contributed by atoms with van der Waals surface area (Å²) in [5.41, 5.74) is 1.23. The lowest BCUT2D eigenvalue weighted by Crippen LogP contribution is -2.25. The van der Waals surface area contributed by atoms with Gasteiger partial charge in [-0.2, -0.15) is 0 Å². The van der Waals surface area contributed by atoms with Crippen molar-refractivity contribution in [3.63, 3.8) is 0 Å². The van der Waals surface area contributed by atoms with Gasteiger partial charge in [-0.25, -0.2) is 4.79 Å². The van der Waals surface area contributed by atoms with Crippen molar-refractivity contribution < 1.29 is 19.4 Å². The van der Waals surface area contributed by atoms with E-state index in [4.69, 9.17) is 5.11 Å². The second-order valence-corrected chi connectivity index (χ2v) is 5.58. The van der Waals surface area contributed by atoms with E-state index < -0.39 is 5.97 Å². The number of ether oxygens (including phenoxy) is 1. The third kappa shape index (κ3) is 2.89. The molecule has 19 heavy (non-hydrogen) atoms. The van der Waals surface area contributed by atoms with E-state index in [0.717, 1.165) is 9.26 Å². The van der Waals surface area contributed by atoms with Crippen LogP contribution in [0.3, 0.4) is 0 Å². The number of anilines is 1. The number of esters is 1. The van der Waals surface area contributed by atoms with Crippen LogP contribution in [0.25, 0.3) is 0 Å². The maximum absolute atomic E-state index is 11.9. The Balaban J connectivity index is 2.27. The number of carbonyl (C=O) groups excluding carboxylic acids is 2. The SMILES string of the molecule is COC(=O)c1ccc(N2CC(CO)CC2=O)c(I)c1. The fourth-order valence-electron chi connectivity index (χ4n) is 2.11. The molecule has 0 bridgehead atoms. The highest BCUT2D eigenvalue weighted by atomic mass is 127. The number of rotatable bonds is 3. The molecule has 5 nitrogen and oxygen atoms in total. The summed E-state index contributed by atoms with van der Waals surface area (Å²) in [7, 11) is 1.33.